The fraction of sp³-hybridized carbons (Fsp3) is 0.471. The van der Waals surface area contributed by atoms with Gasteiger partial charge < -0.3 is 14.5 Å². The maximum Gasteiger partial charge on any atom is 0.327 e. The third kappa shape index (κ3) is 2.19. The molecule has 24 heavy (non-hydrogen) atoms. The third-order valence-corrected chi connectivity index (χ3v) is 5.11. The lowest BCUT2D eigenvalue weighted by Gasteiger charge is -2.23. The minimum atomic E-state index is -0.441. The van der Waals surface area contributed by atoms with Crippen LogP contribution in [0.15, 0.2) is 30.3 Å². The van der Waals surface area contributed by atoms with Crippen molar-refractivity contribution in [2.24, 2.45) is 0 Å². The SMILES string of the molecule is COC1CC2C(=O)N(C3CC(=O)N(c4ccccc4)C3)C(=O)N2C1. The van der Waals surface area contributed by atoms with Crippen LogP contribution in [-0.2, 0) is 14.3 Å². The lowest BCUT2D eigenvalue weighted by molar-refractivity contribution is -0.129. The normalized spacial score (nSPS) is 29.8. The maximum atomic E-state index is 12.7. The second-order valence-electron chi connectivity index (χ2n) is 6.45. The number of anilines is 1. The van der Waals surface area contributed by atoms with Gasteiger partial charge in [-0.3, -0.25) is 14.5 Å². The summed E-state index contributed by atoms with van der Waals surface area (Å²) in [6.07, 6.45) is 0.623. The molecule has 3 unspecified atom stereocenters. The Hall–Kier alpha value is -2.41. The molecule has 0 aromatic heterocycles. The first kappa shape index (κ1) is 15.1. The van der Waals surface area contributed by atoms with Gasteiger partial charge in [-0.15, -0.1) is 0 Å². The molecule has 0 N–H and O–H groups in total. The summed E-state index contributed by atoms with van der Waals surface area (Å²) in [6, 6.07) is 8.19. The van der Waals surface area contributed by atoms with Gasteiger partial charge in [-0.05, 0) is 12.1 Å². The largest absolute Gasteiger partial charge is 0.380 e. The first-order valence-electron chi connectivity index (χ1n) is 8.12. The molecule has 3 aliphatic rings. The lowest BCUT2D eigenvalue weighted by atomic mass is 10.1. The van der Waals surface area contributed by atoms with Crippen LogP contribution in [0.4, 0.5) is 10.5 Å². The molecule has 7 nitrogen and oxygen atoms in total. The number of para-hydroxylation sites is 1. The van der Waals surface area contributed by atoms with Crippen molar-refractivity contribution in [2.45, 2.75) is 31.0 Å². The fourth-order valence-electron chi connectivity index (χ4n) is 3.86. The first-order chi connectivity index (χ1) is 11.6. The van der Waals surface area contributed by atoms with Gasteiger partial charge in [-0.2, -0.15) is 0 Å². The molecule has 1 aromatic rings. The number of imide groups is 1. The number of nitrogens with zero attached hydrogens (tertiary/aromatic N) is 3. The van der Waals surface area contributed by atoms with Crippen molar-refractivity contribution < 1.29 is 19.1 Å². The molecule has 0 spiro atoms. The number of ether oxygens (including phenoxy) is 1. The van der Waals surface area contributed by atoms with Crippen molar-refractivity contribution in [3.05, 3.63) is 30.3 Å². The van der Waals surface area contributed by atoms with Gasteiger partial charge in [0.05, 0.1) is 12.1 Å². The van der Waals surface area contributed by atoms with E-state index in [1.807, 2.05) is 30.3 Å². The Labute approximate surface area is 139 Å². The van der Waals surface area contributed by atoms with Gasteiger partial charge in [0.2, 0.25) is 5.91 Å². The van der Waals surface area contributed by atoms with Crippen LogP contribution in [-0.4, -0.2) is 66.0 Å². The molecule has 0 saturated carbocycles. The van der Waals surface area contributed by atoms with Crippen molar-refractivity contribution in [1.29, 1.82) is 0 Å². The van der Waals surface area contributed by atoms with Gasteiger partial charge >= 0.3 is 6.03 Å². The summed E-state index contributed by atoms with van der Waals surface area (Å²) >= 11 is 0. The summed E-state index contributed by atoms with van der Waals surface area (Å²) in [5, 5.41) is 0. The third-order valence-electron chi connectivity index (χ3n) is 5.11. The zero-order valence-corrected chi connectivity index (χ0v) is 13.4. The number of urea groups is 1. The number of hydrogen-bond acceptors (Lipinski definition) is 4. The topological polar surface area (TPSA) is 70.2 Å². The van der Waals surface area contributed by atoms with Gasteiger partial charge in [-0.1, -0.05) is 18.2 Å². The molecule has 3 fully saturated rings. The second-order valence-corrected chi connectivity index (χ2v) is 6.45. The average molecular weight is 329 g/mol. The van der Waals surface area contributed by atoms with E-state index < -0.39 is 12.1 Å². The van der Waals surface area contributed by atoms with Crippen LogP contribution in [0.25, 0.3) is 0 Å². The Kier molecular flexibility index (Phi) is 3.53. The molecule has 3 saturated heterocycles. The number of rotatable bonds is 3. The molecular formula is C17H19N3O4. The van der Waals surface area contributed by atoms with E-state index in [1.165, 1.54) is 4.90 Å². The van der Waals surface area contributed by atoms with Crippen molar-refractivity contribution in [3.8, 4) is 0 Å². The molecule has 1 aromatic carbocycles. The van der Waals surface area contributed by atoms with Crippen molar-refractivity contribution in [1.82, 2.24) is 9.80 Å². The van der Waals surface area contributed by atoms with E-state index in [0.717, 1.165) is 5.69 Å². The Morgan fingerprint density at radius 2 is 1.83 bits per heavy atom. The van der Waals surface area contributed by atoms with E-state index in [4.69, 9.17) is 4.74 Å². The predicted molar refractivity (Wildman–Crippen MR) is 85.4 cm³/mol. The van der Waals surface area contributed by atoms with Crippen molar-refractivity contribution in [2.75, 3.05) is 25.1 Å². The van der Waals surface area contributed by atoms with Gasteiger partial charge in [0.1, 0.15) is 6.04 Å². The minimum absolute atomic E-state index is 0.0615. The smallest absolute Gasteiger partial charge is 0.327 e. The van der Waals surface area contributed by atoms with Crippen LogP contribution in [0.2, 0.25) is 0 Å². The molecule has 0 radical (unpaired) electrons. The maximum absolute atomic E-state index is 12.7. The number of carbonyl (C=O) groups is 3. The summed E-state index contributed by atoms with van der Waals surface area (Å²) in [7, 11) is 1.59. The highest BCUT2D eigenvalue weighted by Crippen LogP contribution is 2.33. The first-order valence-corrected chi connectivity index (χ1v) is 8.12. The number of benzene rings is 1. The van der Waals surface area contributed by atoms with Gasteiger partial charge in [0.25, 0.3) is 5.91 Å². The number of amides is 4. The van der Waals surface area contributed by atoms with Crippen LogP contribution in [0.5, 0.6) is 0 Å². The minimum Gasteiger partial charge on any atom is -0.380 e. The Morgan fingerprint density at radius 1 is 1.08 bits per heavy atom. The molecular weight excluding hydrogens is 310 g/mol. The number of fused-ring (bicyclic) bond motifs is 1. The highest BCUT2D eigenvalue weighted by molar-refractivity contribution is 6.06. The quantitative estimate of drug-likeness (QED) is 0.771. The Bertz CT molecular complexity index is 668. The van der Waals surface area contributed by atoms with E-state index in [9.17, 15) is 14.4 Å². The van der Waals surface area contributed by atoms with Gasteiger partial charge in [0.15, 0.2) is 0 Å². The summed E-state index contributed by atoms with van der Waals surface area (Å²) < 4.78 is 5.27. The second kappa shape index (κ2) is 5.59. The van der Waals surface area contributed by atoms with Crippen molar-refractivity contribution >= 4 is 23.5 Å². The molecule has 0 bridgehead atoms. The van der Waals surface area contributed by atoms with Crippen LogP contribution >= 0.6 is 0 Å². The van der Waals surface area contributed by atoms with E-state index in [1.54, 1.807) is 16.9 Å². The molecule has 126 valence electrons. The summed E-state index contributed by atoms with van der Waals surface area (Å²) in [5.74, 6) is -0.263. The molecule has 3 aliphatic heterocycles. The lowest BCUT2D eigenvalue weighted by Crippen LogP contribution is -2.44. The van der Waals surface area contributed by atoms with Gasteiger partial charge in [0, 0.05) is 38.7 Å². The zero-order chi connectivity index (χ0) is 16.8. The van der Waals surface area contributed by atoms with Crippen molar-refractivity contribution in [3.63, 3.8) is 0 Å². The van der Waals surface area contributed by atoms with Crippen LogP contribution < -0.4 is 4.90 Å². The molecule has 3 atom stereocenters. The summed E-state index contributed by atoms with van der Waals surface area (Å²) in [5.41, 5.74) is 0.795. The fourth-order valence-corrected chi connectivity index (χ4v) is 3.86. The molecule has 0 aliphatic carbocycles. The summed E-state index contributed by atoms with van der Waals surface area (Å²) in [4.78, 5) is 42.2. The molecule has 4 rings (SSSR count). The summed E-state index contributed by atoms with van der Waals surface area (Å²) in [6.45, 7) is 0.792. The Balaban J connectivity index is 1.53. The number of hydrogen-bond donors (Lipinski definition) is 0. The molecule has 7 heteroatoms. The highest BCUT2D eigenvalue weighted by atomic mass is 16.5. The van der Waals surface area contributed by atoms with E-state index in [2.05, 4.69) is 0 Å². The zero-order valence-electron chi connectivity index (χ0n) is 13.4. The standard InChI is InChI=1S/C17H19N3O4/c1-24-13-8-14-16(22)20(17(23)19(14)10-13)12-7-15(21)18(9-12)11-5-3-2-4-6-11/h2-6,12-14H,7-10H2,1H3. The average Bonchev–Trinajstić information content (AvgIpc) is 3.24. The van der Waals surface area contributed by atoms with E-state index >= 15 is 0 Å². The van der Waals surface area contributed by atoms with Crippen LogP contribution in [0.1, 0.15) is 12.8 Å². The monoisotopic (exact) mass is 329 g/mol. The van der Waals surface area contributed by atoms with Gasteiger partial charge in [-0.25, -0.2) is 4.79 Å². The predicted octanol–water partition coefficient (Wildman–Crippen LogP) is 0.843. The van der Waals surface area contributed by atoms with Crippen LogP contribution in [0, 0.1) is 0 Å². The van der Waals surface area contributed by atoms with E-state index in [-0.39, 0.29) is 30.4 Å². The number of methoxy groups -OCH3 is 1. The highest BCUT2D eigenvalue weighted by Gasteiger charge is 2.54. The van der Waals surface area contributed by atoms with Crippen LogP contribution in [0.3, 0.4) is 0 Å². The number of carbonyl (C=O) groups excluding carboxylic acids is 3. The molecule has 3 heterocycles. The Morgan fingerprint density at radius 3 is 2.50 bits per heavy atom. The van der Waals surface area contributed by atoms with E-state index in [0.29, 0.717) is 19.5 Å². The molecule has 4 amide bonds.